The van der Waals surface area contributed by atoms with E-state index in [-0.39, 0.29) is 4.90 Å². The number of thiophene rings is 1. The van der Waals surface area contributed by atoms with Crippen molar-refractivity contribution in [1.29, 1.82) is 0 Å². The standard InChI is InChI=1S/C20H15ClN2O2S2/c1-27(24,25)18-8-6-17(7-9-18)23-20(15-10-11-26-13-15)12-19(22-23)14-2-4-16(21)5-3-14/h2-13H,1H3. The van der Waals surface area contributed by atoms with Gasteiger partial charge in [-0.2, -0.15) is 16.4 Å². The van der Waals surface area contributed by atoms with Crippen LogP contribution < -0.4 is 0 Å². The first-order chi connectivity index (χ1) is 12.9. The Kier molecular flexibility index (Phi) is 4.63. The van der Waals surface area contributed by atoms with Gasteiger partial charge in [0.05, 0.1) is 22.0 Å². The highest BCUT2D eigenvalue weighted by molar-refractivity contribution is 7.90. The highest BCUT2D eigenvalue weighted by atomic mass is 35.5. The van der Waals surface area contributed by atoms with Crippen molar-refractivity contribution < 1.29 is 8.42 Å². The molecule has 0 amide bonds. The van der Waals surface area contributed by atoms with E-state index in [1.165, 1.54) is 6.26 Å². The van der Waals surface area contributed by atoms with Crippen LogP contribution in [0.25, 0.3) is 28.2 Å². The molecular weight excluding hydrogens is 400 g/mol. The van der Waals surface area contributed by atoms with Gasteiger partial charge in [0.25, 0.3) is 0 Å². The molecule has 0 spiro atoms. The fourth-order valence-electron chi connectivity index (χ4n) is 2.79. The zero-order chi connectivity index (χ0) is 19.0. The Hall–Kier alpha value is -2.41. The van der Waals surface area contributed by atoms with Crippen LogP contribution in [0.5, 0.6) is 0 Å². The van der Waals surface area contributed by atoms with Gasteiger partial charge in [0.15, 0.2) is 9.84 Å². The Bertz CT molecular complexity index is 1180. The first-order valence-corrected chi connectivity index (χ1v) is 11.3. The molecule has 27 heavy (non-hydrogen) atoms. The average molecular weight is 415 g/mol. The zero-order valence-electron chi connectivity index (χ0n) is 14.3. The van der Waals surface area contributed by atoms with E-state index in [0.29, 0.717) is 5.02 Å². The lowest BCUT2D eigenvalue weighted by Gasteiger charge is -2.07. The number of sulfone groups is 1. The topological polar surface area (TPSA) is 52.0 Å². The molecule has 4 rings (SSSR count). The summed E-state index contributed by atoms with van der Waals surface area (Å²) in [6.07, 6.45) is 1.20. The lowest BCUT2D eigenvalue weighted by molar-refractivity contribution is 0.602. The van der Waals surface area contributed by atoms with E-state index in [2.05, 4.69) is 5.38 Å². The minimum Gasteiger partial charge on any atom is -0.232 e. The van der Waals surface area contributed by atoms with E-state index < -0.39 is 9.84 Å². The summed E-state index contributed by atoms with van der Waals surface area (Å²) in [6.45, 7) is 0. The number of hydrogen-bond donors (Lipinski definition) is 0. The molecule has 0 N–H and O–H groups in total. The molecule has 0 bridgehead atoms. The van der Waals surface area contributed by atoms with E-state index >= 15 is 0 Å². The fraction of sp³-hybridized carbons (Fsp3) is 0.0500. The molecule has 2 aromatic heterocycles. The third-order valence-corrected chi connectivity index (χ3v) is 6.24. The van der Waals surface area contributed by atoms with Crippen LogP contribution in [-0.2, 0) is 9.84 Å². The predicted octanol–water partition coefficient (Wildman–Crippen LogP) is 5.32. The Morgan fingerprint density at radius 3 is 2.26 bits per heavy atom. The fourth-order valence-corrected chi connectivity index (χ4v) is 4.20. The maximum atomic E-state index is 11.7. The predicted molar refractivity (Wildman–Crippen MR) is 110 cm³/mol. The molecule has 0 saturated heterocycles. The maximum absolute atomic E-state index is 11.7. The van der Waals surface area contributed by atoms with Crippen molar-refractivity contribution in [3.63, 3.8) is 0 Å². The maximum Gasteiger partial charge on any atom is 0.175 e. The van der Waals surface area contributed by atoms with Crippen molar-refractivity contribution in [1.82, 2.24) is 9.78 Å². The number of nitrogens with zero attached hydrogens (tertiary/aromatic N) is 2. The minimum atomic E-state index is -3.24. The number of hydrogen-bond acceptors (Lipinski definition) is 4. The molecular formula is C20H15ClN2O2S2. The van der Waals surface area contributed by atoms with Gasteiger partial charge in [0.1, 0.15) is 0 Å². The van der Waals surface area contributed by atoms with Crippen LogP contribution in [0.2, 0.25) is 5.02 Å². The summed E-state index contributed by atoms with van der Waals surface area (Å²) in [5.41, 5.74) is 4.57. The Balaban J connectivity index is 1.85. The Labute approximate surface area is 166 Å². The molecule has 2 aromatic carbocycles. The van der Waals surface area contributed by atoms with Gasteiger partial charge in [-0.3, -0.25) is 0 Å². The lowest BCUT2D eigenvalue weighted by atomic mass is 10.1. The second-order valence-electron chi connectivity index (χ2n) is 6.11. The van der Waals surface area contributed by atoms with E-state index in [4.69, 9.17) is 16.7 Å². The number of halogens is 1. The molecule has 2 heterocycles. The summed E-state index contributed by atoms with van der Waals surface area (Å²) >= 11 is 7.60. The van der Waals surface area contributed by atoms with Gasteiger partial charge >= 0.3 is 0 Å². The first kappa shape index (κ1) is 18.0. The average Bonchev–Trinajstić information content (AvgIpc) is 3.31. The first-order valence-electron chi connectivity index (χ1n) is 8.11. The zero-order valence-corrected chi connectivity index (χ0v) is 16.7. The van der Waals surface area contributed by atoms with Crippen LogP contribution in [0, 0.1) is 0 Å². The molecule has 0 saturated carbocycles. The summed E-state index contributed by atoms with van der Waals surface area (Å²) < 4.78 is 25.3. The SMILES string of the molecule is CS(=O)(=O)c1ccc(-n2nc(-c3ccc(Cl)cc3)cc2-c2ccsc2)cc1. The molecule has 0 radical (unpaired) electrons. The van der Waals surface area contributed by atoms with Gasteiger partial charge in [0, 0.05) is 27.8 Å². The molecule has 4 aromatic rings. The normalized spacial score (nSPS) is 11.6. The van der Waals surface area contributed by atoms with Gasteiger partial charge < -0.3 is 0 Å². The number of rotatable bonds is 4. The molecule has 0 aliphatic rings. The third-order valence-electron chi connectivity index (χ3n) is 4.18. The van der Waals surface area contributed by atoms with Crippen LogP contribution in [-0.4, -0.2) is 24.5 Å². The summed E-state index contributed by atoms with van der Waals surface area (Å²) in [4.78, 5) is 0.286. The summed E-state index contributed by atoms with van der Waals surface area (Å²) in [5, 5.41) is 9.51. The van der Waals surface area contributed by atoms with Crippen molar-refractivity contribution in [2.75, 3.05) is 6.26 Å². The quantitative estimate of drug-likeness (QED) is 0.453. The summed E-state index contributed by atoms with van der Waals surface area (Å²) in [5.74, 6) is 0. The monoisotopic (exact) mass is 414 g/mol. The minimum absolute atomic E-state index is 0.286. The number of benzene rings is 2. The Morgan fingerprint density at radius 1 is 0.963 bits per heavy atom. The van der Waals surface area contributed by atoms with Crippen LogP contribution >= 0.6 is 22.9 Å². The largest absolute Gasteiger partial charge is 0.232 e. The van der Waals surface area contributed by atoms with Crippen molar-refractivity contribution >= 4 is 32.8 Å². The highest BCUT2D eigenvalue weighted by Crippen LogP contribution is 2.30. The van der Waals surface area contributed by atoms with E-state index in [1.807, 2.05) is 46.5 Å². The molecule has 4 nitrogen and oxygen atoms in total. The third kappa shape index (κ3) is 3.69. The second kappa shape index (κ2) is 6.96. The molecule has 0 aliphatic heterocycles. The second-order valence-corrected chi connectivity index (χ2v) is 9.34. The smallest absolute Gasteiger partial charge is 0.175 e. The molecule has 0 atom stereocenters. The van der Waals surface area contributed by atoms with Crippen LogP contribution in [0.15, 0.2) is 76.3 Å². The summed E-state index contributed by atoms with van der Waals surface area (Å²) in [6, 6.07) is 18.3. The van der Waals surface area contributed by atoms with Gasteiger partial charge in [0.2, 0.25) is 0 Å². The van der Waals surface area contributed by atoms with E-state index in [1.54, 1.807) is 35.6 Å². The lowest BCUT2D eigenvalue weighted by Crippen LogP contribution is -2.01. The van der Waals surface area contributed by atoms with Crippen LogP contribution in [0.4, 0.5) is 0 Å². The summed E-state index contributed by atoms with van der Waals surface area (Å²) in [7, 11) is -3.24. The van der Waals surface area contributed by atoms with Gasteiger partial charge in [-0.1, -0.05) is 23.7 Å². The highest BCUT2D eigenvalue weighted by Gasteiger charge is 2.14. The van der Waals surface area contributed by atoms with Crippen LogP contribution in [0.3, 0.4) is 0 Å². The van der Waals surface area contributed by atoms with E-state index in [0.717, 1.165) is 28.2 Å². The van der Waals surface area contributed by atoms with Gasteiger partial charge in [-0.15, -0.1) is 0 Å². The van der Waals surface area contributed by atoms with Crippen LogP contribution in [0.1, 0.15) is 0 Å². The van der Waals surface area contributed by atoms with Crippen molar-refractivity contribution in [3.8, 4) is 28.2 Å². The van der Waals surface area contributed by atoms with Gasteiger partial charge in [-0.05, 0) is 53.9 Å². The van der Waals surface area contributed by atoms with Crippen molar-refractivity contribution in [2.45, 2.75) is 4.90 Å². The molecule has 0 aliphatic carbocycles. The molecule has 7 heteroatoms. The Morgan fingerprint density at radius 2 is 1.67 bits per heavy atom. The van der Waals surface area contributed by atoms with Crippen molar-refractivity contribution in [2.24, 2.45) is 0 Å². The van der Waals surface area contributed by atoms with Gasteiger partial charge in [-0.25, -0.2) is 13.1 Å². The van der Waals surface area contributed by atoms with Crippen molar-refractivity contribution in [3.05, 3.63) is 76.4 Å². The molecule has 0 unspecified atom stereocenters. The molecule has 136 valence electrons. The van der Waals surface area contributed by atoms with E-state index in [9.17, 15) is 8.42 Å². The molecule has 0 fully saturated rings. The number of aromatic nitrogens is 2.